The molecule has 29 heavy (non-hydrogen) atoms. The molecule has 8 heteroatoms. The van der Waals surface area contributed by atoms with Crippen molar-refractivity contribution in [2.45, 2.75) is 25.0 Å². The largest absolute Gasteiger partial charge is 0.472 e. The Labute approximate surface area is 168 Å². The van der Waals surface area contributed by atoms with Gasteiger partial charge in [0.05, 0.1) is 22.8 Å². The summed E-state index contributed by atoms with van der Waals surface area (Å²) >= 11 is 0. The predicted molar refractivity (Wildman–Crippen MR) is 106 cm³/mol. The maximum absolute atomic E-state index is 12.5. The first-order valence-electron chi connectivity index (χ1n) is 8.88. The van der Waals surface area contributed by atoms with E-state index in [-0.39, 0.29) is 24.0 Å². The van der Waals surface area contributed by atoms with Crippen LogP contribution in [0.1, 0.15) is 16.8 Å². The summed E-state index contributed by atoms with van der Waals surface area (Å²) in [5, 5.41) is 0. The summed E-state index contributed by atoms with van der Waals surface area (Å²) in [4.78, 5) is 8.71. The van der Waals surface area contributed by atoms with Crippen LogP contribution in [0.15, 0.2) is 76.4 Å². The van der Waals surface area contributed by atoms with E-state index in [9.17, 15) is 8.42 Å². The molecule has 0 aliphatic rings. The van der Waals surface area contributed by atoms with Gasteiger partial charge in [0.15, 0.2) is 12.0 Å². The van der Waals surface area contributed by atoms with Crippen LogP contribution in [0.3, 0.4) is 0 Å². The van der Waals surface area contributed by atoms with Gasteiger partial charge in [-0.05, 0) is 24.6 Å². The van der Waals surface area contributed by atoms with Crippen LogP contribution in [-0.4, -0.2) is 18.4 Å². The van der Waals surface area contributed by atoms with Gasteiger partial charge in [0.1, 0.15) is 12.1 Å². The second-order valence-electron chi connectivity index (χ2n) is 6.31. The zero-order valence-corrected chi connectivity index (χ0v) is 16.4. The summed E-state index contributed by atoms with van der Waals surface area (Å²) in [7, 11) is -3.95. The minimum atomic E-state index is -3.95. The fraction of sp³-hybridized carbons (Fsp3) is 0.143. The number of aromatic nitrogens is 2. The molecule has 0 aliphatic carbocycles. The van der Waals surface area contributed by atoms with Crippen LogP contribution in [0.2, 0.25) is 0 Å². The Morgan fingerprint density at radius 3 is 2.38 bits per heavy atom. The van der Waals surface area contributed by atoms with E-state index in [0.29, 0.717) is 22.4 Å². The molecule has 7 nitrogen and oxygen atoms in total. The Morgan fingerprint density at radius 1 is 0.966 bits per heavy atom. The fourth-order valence-corrected chi connectivity index (χ4v) is 3.76. The number of nitrogens with zero attached hydrogens (tertiary/aromatic N) is 2. The number of pyridine rings is 1. The average molecular weight is 410 g/mol. The summed E-state index contributed by atoms with van der Waals surface area (Å²) in [5.74, 6) is 0.260. The van der Waals surface area contributed by atoms with Crippen molar-refractivity contribution >= 4 is 21.2 Å². The number of aryl methyl sites for hydroxylation is 1. The van der Waals surface area contributed by atoms with E-state index in [0.717, 1.165) is 5.56 Å². The Bertz CT molecular complexity index is 1220. The van der Waals surface area contributed by atoms with Crippen molar-refractivity contribution in [1.29, 1.82) is 0 Å². The van der Waals surface area contributed by atoms with Crippen molar-refractivity contribution in [3.05, 3.63) is 83.9 Å². The summed E-state index contributed by atoms with van der Waals surface area (Å²) in [5.41, 5.74) is 2.89. The van der Waals surface area contributed by atoms with Gasteiger partial charge in [-0.2, -0.15) is 8.42 Å². The average Bonchev–Trinajstić information content (AvgIpc) is 3.24. The van der Waals surface area contributed by atoms with Crippen molar-refractivity contribution in [3.8, 4) is 5.88 Å². The van der Waals surface area contributed by atoms with Gasteiger partial charge >= 0.3 is 0 Å². The lowest BCUT2D eigenvalue weighted by atomic mass is 10.2. The maximum Gasteiger partial charge on any atom is 0.297 e. The van der Waals surface area contributed by atoms with Gasteiger partial charge in [0.25, 0.3) is 10.1 Å². The van der Waals surface area contributed by atoms with Gasteiger partial charge in [-0.3, -0.25) is 4.18 Å². The number of oxazole rings is 1. The van der Waals surface area contributed by atoms with Crippen LogP contribution in [0.4, 0.5) is 0 Å². The molecule has 2 aromatic heterocycles. The highest BCUT2D eigenvalue weighted by atomic mass is 32.2. The summed E-state index contributed by atoms with van der Waals surface area (Å²) in [6.45, 7) is 1.76. The lowest BCUT2D eigenvalue weighted by Gasteiger charge is -2.12. The van der Waals surface area contributed by atoms with E-state index in [4.69, 9.17) is 13.3 Å². The number of benzene rings is 2. The molecule has 0 unspecified atom stereocenters. The molecule has 0 radical (unpaired) electrons. The zero-order chi connectivity index (χ0) is 20.3. The van der Waals surface area contributed by atoms with E-state index < -0.39 is 10.1 Å². The summed E-state index contributed by atoms with van der Waals surface area (Å²) in [6, 6.07) is 17.5. The van der Waals surface area contributed by atoms with E-state index >= 15 is 0 Å². The number of fused-ring (bicyclic) bond motifs is 1. The topological polar surface area (TPSA) is 91.5 Å². The predicted octanol–water partition coefficient (Wildman–Crippen LogP) is 4.02. The van der Waals surface area contributed by atoms with Crippen LogP contribution in [0.5, 0.6) is 5.88 Å². The maximum atomic E-state index is 12.5. The first-order chi connectivity index (χ1) is 14.0. The van der Waals surface area contributed by atoms with E-state index in [1.807, 2.05) is 30.3 Å². The monoisotopic (exact) mass is 410 g/mol. The third-order valence-electron chi connectivity index (χ3n) is 4.32. The normalized spacial score (nSPS) is 11.6. The quantitative estimate of drug-likeness (QED) is 0.425. The number of hydrogen-bond donors (Lipinski definition) is 0. The van der Waals surface area contributed by atoms with Gasteiger partial charge in [-0.15, -0.1) is 0 Å². The molecule has 4 aromatic rings. The molecule has 2 aromatic carbocycles. The van der Waals surface area contributed by atoms with Crippen molar-refractivity contribution in [2.75, 3.05) is 0 Å². The zero-order valence-electron chi connectivity index (χ0n) is 15.6. The molecule has 0 fully saturated rings. The molecular weight excluding hydrogens is 392 g/mol. The van der Waals surface area contributed by atoms with Gasteiger partial charge in [-0.25, -0.2) is 9.97 Å². The minimum absolute atomic E-state index is 0.0724. The molecule has 0 aliphatic heterocycles. The van der Waals surface area contributed by atoms with Crippen LogP contribution in [0, 0.1) is 6.92 Å². The second kappa shape index (κ2) is 8.02. The Kier molecular flexibility index (Phi) is 5.28. The van der Waals surface area contributed by atoms with E-state index in [1.165, 1.54) is 18.5 Å². The van der Waals surface area contributed by atoms with Crippen LogP contribution in [-0.2, 0) is 27.5 Å². The molecule has 148 valence electrons. The minimum Gasteiger partial charge on any atom is -0.472 e. The number of hydrogen-bond acceptors (Lipinski definition) is 7. The smallest absolute Gasteiger partial charge is 0.297 e. The molecule has 2 heterocycles. The van der Waals surface area contributed by atoms with Gasteiger partial charge in [0.2, 0.25) is 5.88 Å². The molecule has 0 saturated heterocycles. The Balaban J connectivity index is 1.65. The van der Waals surface area contributed by atoms with Crippen molar-refractivity contribution < 1.29 is 21.8 Å². The molecule has 0 saturated carbocycles. The van der Waals surface area contributed by atoms with E-state index in [1.54, 1.807) is 25.1 Å². The fourth-order valence-electron chi connectivity index (χ4n) is 2.86. The highest BCUT2D eigenvalue weighted by Crippen LogP contribution is 2.29. The first-order valence-corrected chi connectivity index (χ1v) is 10.3. The summed E-state index contributed by atoms with van der Waals surface area (Å²) < 4.78 is 41.6. The standard InChI is InChI=1S/C21H18N2O5S/c1-15-20-19(22-14-27-20)18(13-28-29(24,25)17-10-6-3-7-11-17)21(23-15)26-12-16-8-4-2-5-9-16/h2-11,14H,12-13H2,1H3. The van der Waals surface area contributed by atoms with Gasteiger partial charge in [-0.1, -0.05) is 48.5 Å². The molecule has 0 atom stereocenters. The number of ether oxygens (including phenoxy) is 1. The lowest BCUT2D eigenvalue weighted by molar-refractivity contribution is 0.268. The van der Waals surface area contributed by atoms with Crippen LogP contribution < -0.4 is 4.74 Å². The highest BCUT2D eigenvalue weighted by Gasteiger charge is 2.21. The van der Waals surface area contributed by atoms with Crippen LogP contribution >= 0.6 is 0 Å². The van der Waals surface area contributed by atoms with Gasteiger partial charge < -0.3 is 9.15 Å². The van der Waals surface area contributed by atoms with Crippen molar-refractivity contribution in [3.63, 3.8) is 0 Å². The van der Waals surface area contributed by atoms with Crippen molar-refractivity contribution in [2.24, 2.45) is 0 Å². The first kappa shape index (κ1) is 19.1. The van der Waals surface area contributed by atoms with E-state index in [2.05, 4.69) is 9.97 Å². The van der Waals surface area contributed by atoms with Crippen LogP contribution in [0.25, 0.3) is 11.1 Å². The molecule has 0 amide bonds. The Morgan fingerprint density at radius 2 is 1.66 bits per heavy atom. The number of rotatable bonds is 7. The van der Waals surface area contributed by atoms with Crippen molar-refractivity contribution in [1.82, 2.24) is 9.97 Å². The molecule has 4 rings (SSSR count). The highest BCUT2D eigenvalue weighted by molar-refractivity contribution is 7.86. The lowest BCUT2D eigenvalue weighted by Crippen LogP contribution is -2.09. The third kappa shape index (κ3) is 4.13. The SMILES string of the molecule is Cc1nc(OCc2ccccc2)c(COS(=O)(=O)c2ccccc2)c2ncoc12. The molecule has 0 bridgehead atoms. The molecule has 0 spiro atoms. The summed E-state index contributed by atoms with van der Waals surface area (Å²) in [6.07, 6.45) is 1.29. The molecular formula is C21H18N2O5S. The van der Waals surface area contributed by atoms with Gasteiger partial charge in [0, 0.05) is 0 Å². The Hall–Kier alpha value is -3.23. The second-order valence-corrected chi connectivity index (χ2v) is 7.93. The third-order valence-corrected chi connectivity index (χ3v) is 5.60. The molecule has 0 N–H and O–H groups in total.